The minimum absolute atomic E-state index is 0.0309. The molecule has 0 atom stereocenters. The molecule has 0 aliphatic carbocycles. The topological polar surface area (TPSA) is 55.1 Å². The Kier molecular flexibility index (Phi) is 4.09. The SMILES string of the molecule is CCc1nc2cccc(C(=O)O)c2n1CC(C)(C)SC. The van der Waals surface area contributed by atoms with Crippen molar-refractivity contribution in [2.24, 2.45) is 0 Å². The predicted molar refractivity (Wildman–Crippen MR) is 83.7 cm³/mol. The molecule has 2 aromatic rings. The fourth-order valence-electron chi connectivity index (χ4n) is 2.29. The molecule has 1 aromatic carbocycles. The average Bonchev–Trinajstić information content (AvgIpc) is 2.76. The quantitative estimate of drug-likeness (QED) is 0.917. The van der Waals surface area contributed by atoms with Crippen LogP contribution in [0.25, 0.3) is 11.0 Å². The van der Waals surface area contributed by atoms with Gasteiger partial charge in [-0.05, 0) is 32.2 Å². The van der Waals surface area contributed by atoms with Gasteiger partial charge < -0.3 is 9.67 Å². The number of rotatable bonds is 5. The number of hydrogen-bond donors (Lipinski definition) is 1. The van der Waals surface area contributed by atoms with E-state index in [9.17, 15) is 9.90 Å². The Morgan fingerprint density at radius 3 is 2.70 bits per heavy atom. The number of aryl methyl sites for hydroxylation is 1. The number of thioether (sulfide) groups is 1. The summed E-state index contributed by atoms with van der Waals surface area (Å²) in [5.41, 5.74) is 1.82. The number of carboxylic acids is 1. The molecule has 1 N–H and O–H groups in total. The van der Waals surface area contributed by atoms with Crippen molar-refractivity contribution in [3.8, 4) is 0 Å². The predicted octanol–water partition coefficient (Wildman–Crippen LogP) is 3.44. The molecule has 0 fully saturated rings. The number of hydrogen-bond acceptors (Lipinski definition) is 3. The smallest absolute Gasteiger partial charge is 0.337 e. The van der Waals surface area contributed by atoms with Gasteiger partial charge in [-0.2, -0.15) is 11.8 Å². The number of imidazole rings is 1. The number of carboxylic acid groups (broad SMARTS) is 1. The van der Waals surface area contributed by atoms with Crippen LogP contribution in [0.3, 0.4) is 0 Å². The molecule has 0 aliphatic rings. The van der Waals surface area contributed by atoms with Crippen molar-refractivity contribution in [3.63, 3.8) is 0 Å². The largest absolute Gasteiger partial charge is 0.478 e. The normalized spacial score (nSPS) is 12.0. The maximum atomic E-state index is 11.5. The highest BCUT2D eigenvalue weighted by atomic mass is 32.2. The molecule has 0 saturated carbocycles. The number of nitrogens with zero attached hydrogens (tertiary/aromatic N) is 2. The summed E-state index contributed by atoms with van der Waals surface area (Å²) in [5.74, 6) is 0.0391. The zero-order valence-corrected chi connectivity index (χ0v) is 13.1. The van der Waals surface area contributed by atoms with Gasteiger partial charge in [0.15, 0.2) is 0 Å². The van der Waals surface area contributed by atoms with Crippen LogP contribution >= 0.6 is 11.8 Å². The van der Waals surface area contributed by atoms with Crippen LogP contribution in [-0.4, -0.2) is 31.6 Å². The standard InChI is InChI=1S/C15H20N2O2S/c1-5-12-16-11-8-6-7-10(14(18)19)13(11)17(12)9-15(2,3)20-4/h6-8H,5,9H2,1-4H3,(H,18,19). The molecule has 4 nitrogen and oxygen atoms in total. The molecule has 0 bridgehead atoms. The van der Waals surface area contributed by atoms with Gasteiger partial charge in [-0.25, -0.2) is 9.78 Å². The van der Waals surface area contributed by atoms with Gasteiger partial charge in [0.05, 0.1) is 16.6 Å². The van der Waals surface area contributed by atoms with E-state index < -0.39 is 5.97 Å². The zero-order chi connectivity index (χ0) is 14.9. The fourth-order valence-corrected chi connectivity index (χ4v) is 2.55. The Hall–Kier alpha value is -1.49. The Labute approximate surface area is 123 Å². The summed E-state index contributed by atoms with van der Waals surface area (Å²) in [4.78, 5) is 16.0. The van der Waals surface area contributed by atoms with Crippen LogP contribution in [-0.2, 0) is 13.0 Å². The average molecular weight is 292 g/mol. The minimum atomic E-state index is -0.902. The highest BCUT2D eigenvalue weighted by Crippen LogP contribution is 2.28. The van der Waals surface area contributed by atoms with Crippen molar-refractivity contribution in [2.75, 3.05) is 6.26 Å². The lowest BCUT2D eigenvalue weighted by molar-refractivity contribution is 0.0698. The number of para-hydroxylation sites is 1. The third kappa shape index (κ3) is 2.68. The second kappa shape index (κ2) is 5.48. The number of aromatic nitrogens is 2. The zero-order valence-electron chi connectivity index (χ0n) is 12.3. The maximum absolute atomic E-state index is 11.5. The van der Waals surface area contributed by atoms with Crippen molar-refractivity contribution in [1.82, 2.24) is 9.55 Å². The number of fused-ring (bicyclic) bond motifs is 1. The van der Waals surface area contributed by atoms with E-state index in [2.05, 4.69) is 29.7 Å². The van der Waals surface area contributed by atoms with Crippen LogP contribution in [0.15, 0.2) is 18.2 Å². The van der Waals surface area contributed by atoms with E-state index in [4.69, 9.17) is 0 Å². The first-order valence-electron chi connectivity index (χ1n) is 6.66. The maximum Gasteiger partial charge on any atom is 0.337 e. The van der Waals surface area contributed by atoms with E-state index >= 15 is 0 Å². The summed E-state index contributed by atoms with van der Waals surface area (Å²) in [5, 5.41) is 9.40. The second-order valence-electron chi connectivity index (χ2n) is 5.41. The first-order chi connectivity index (χ1) is 9.39. The molecular formula is C15H20N2O2S. The van der Waals surface area contributed by atoms with Crippen LogP contribution < -0.4 is 0 Å². The van der Waals surface area contributed by atoms with E-state index in [1.807, 2.05) is 13.0 Å². The van der Waals surface area contributed by atoms with Crippen LogP contribution in [0.5, 0.6) is 0 Å². The van der Waals surface area contributed by atoms with Crippen molar-refractivity contribution in [3.05, 3.63) is 29.6 Å². The summed E-state index contributed by atoms with van der Waals surface area (Å²) in [6.45, 7) is 7.11. The van der Waals surface area contributed by atoms with Gasteiger partial charge in [0, 0.05) is 17.7 Å². The van der Waals surface area contributed by atoms with Crippen LogP contribution in [0, 0.1) is 0 Å². The van der Waals surface area contributed by atoms with Crippen molar-refractivity contribution in [1.29, 1.82) is 0 Å². The molecule has 108 valence electrons. The fraction of sp³-hybridized carbons (Fsp3) is 0.467. The molecule has 1 heterocycles. The molecule has 0 aliphatic heterocycles. The molecule has 0 unspecified atom stereocenters. The summed E-state index contributed by atoms with van der Waals surface area (Å²) >= 11 is 1.77. The van der Waals surface area contributed by atoms with Crippen LogP contribution in [0.2, 0.25) is 0 Å². The molecular weight excluding hydrogens is 272 g/mol. The second-order valence-corrected chi connectivity index (χ2v) is 6.92. The van der Waals surface area contributed by atoms with E-state index in [-0.39, 0.29) is 4.75 Å². The molecule has 0 spiro atoms. The van der Waals surface area contributed by atoms with Gasteiger partial charge in [-0.15, -0.1) is 0 Å². The molecule has 5 heteroatoms. The van der Waals surface area contributed by atoms with Crippen LogP contribution in [0.4, 0.5) is 0 Å². The summed E-state index contributed by atoms with van der Waals surface area (Å²) < 4.78 is 2.10. The third-order valence-electron chi connectivity index (χ3n) is 3.48. The summed E-state index contributed by atoms with van der Waals surface area (Å²) in [6.07, 6.45) is 2.86. The van der Waals surface area contributed by atoms with Gasteiger partial charge in [-0.3, -0.25) is 0 Å². The van der Waals surface area contributed by atoms with Crippen molar-refractivity contribution < 1.29 is 9.90 Å². The Bertz CT molecular complexity index is 647. The lowest BCUT2D eigenvalue weighted by Crippen LogP contribution is -2.24. The first kappa shape index (κ1) is 14.9. The van der Waals surface area contributed by atoms with Crippen LogP contribution in [0.1, 0.15) is 37.0 Å². The molecule has 20 heavy (non-hydrogen) atoms. The van der Waals surface area contributed by atoms with Gasteiger partial charge in [-0.1, -0.05) is 13.0 Å². The highest BCUT2D eigenvalue weighted by Gasteiger charge is 2.23. The van der Waals surface area contributed by atoms with E-state index in [0.29, 0.717) is 5.56 Å². The third-order valence-corrected chi connectivity index (χ3v) is 4.72. The van der Waals surface area contributed by atoms with E-state index in [1.165, 1.54) is 0 Å². The Morgan fingerprint density at radius 1 is 1.45 bits per heavy atom. The lowest BCUT2D eigenvalue weighted by Gasteiger charge is -2.24. The lowest BCUT2D eigenvalue weighted by atomic mass is 10.1. The first-order valence-corrected chi connectivity index (χ1v) is 7.88. The number of benzene rings is 1. The Morgan fingerprint density at radius 2 is 2.15 bits per heavy atom. The molecule has 0 radical (unpaired) electrons. The van der Waals surface area contributed by atoms with Gasteiger partial charge >= 0.3 is 5.97 Å². The summed E-state index contributed by atoms with van der Waals surface area (Å²) in [6, 6.07) is 5.28. The van der Waals surface area contributed by atoms with E-state index in [1.54, 1.807) is 23.9 Å². The monoisotopic (exact) mass is 292 g/mol. The number of carbonyl (C=O) groups is 1. The van der Waals surface area contributed by atoms with Gasteiger partial charge in [0.1, 0.15) is 5.82 Å². The molecule has 0 amide bonds. The molecule has 0 saturated heterocycles. The van der Waals surface area contributed by atoms with Gasteiger partial charge in [0.25, 0.3) is 0 Å². The summed E-state index contributed by atoms with van der Waals surface area (Å²) in [7, 11) is 0. The molecule has 1 aromatic heterocycles. The van der Waals surface area contributed by atoms with Crippen molar-refractivity contribution >= 4 is 28.8 Å². The Balaban J connectivity index is 2.69. The van der Waals surface area contributed by atoms with E-state index in [0.717, 1.165) is 29.8 Å². The highest BCUT2D eigenvalue weighted by molar-refractivity contribution is 7.99. The van der Waals surface area contributed by atoms with Gasteiger partial charge in [0.2, 0.25) is 0 Å². The molecule has 2 rings (SSSR count). The van der Waals surface area contributed by atoms with Crippen molar-refractivity contribution in [2.45, 2.75) is 38.5 Å². The minimum Gasteiger partial charge on any atom is -0.478 e. The number of aromatic carboxylic acids is 1.